The molecule has 0 aliphatic carbocycles. The molecule has 20 heavy (non-hydrogen) atoms. The van der Waals surface area contributed by atoms with Crippen LogP contribution < -0.4 is 5.32 Å². The zero-order valence-electron chi connectivity index (χ0n) is 10.9. The van der Waals surface area contributed by atoms with Gasteiger partial charge in [0.2, 0.25) is 5.13 Å². The first-order valence-electron chi connectivity index (χ1n) is 6.23. The van der Waals surface area contributed by atoms with Crippen LogP contribution in [-0.4, -0.2) is 30.2 Å². The van der Waals surface area contributed by atoms with Crippen LogP contribution in [0.3, 0.4) is 0 Å². The monoisotopic (exact) mass is 287 g/mol. The van der Waals surface area contributed by atoms with Crippen molar-refractivity contribution < 1.29 is 0 Å². The quantitative estimate of drug-likeness (QED) is 0.771. The van der Waals surface area contributed by atoms with Crippen molar-refractivity contribution in [2.45, 2.75) is 20.0 Å². The fraction of sp³-hybridized carbons (Fsp3) is 0.250. The molecule has 0 fully saturated rings. The van der Waals surface area contributed by atoms with E-state index in [1.165, 1.54) is 11.3 Å². The summed E-state index contributed by atoms with van der Waals surface area (Å²) < 4.78 is 1.84. The van der Waals surface area contributed by atoms with Gasteiger partial charge in [0.1, 0.15) is 5.69 Å². The molecule has 0 amide bonds. The minimum atomic E-state index is 0.623. The molecule has 3 aromatic heterocycles. The molecule has 8 heteroatoms. The van der Waals surface area contributed by atoms with Crippen molar-refractivity contribution in [1.29, 1.82) is 0 Å². The lowest BCUT2D eigenvalue weighted by Crippen LogP contribution is -2.07. The Bertz CT molecular complexity index is 676. The van der Waals surface area contributed by atoms with Crippen molar-refractivity contribution in [3.8, 4) is 10.7 Å². The predicted molar refractivity (Wildman–Crippen MR) is 76.2 cm³/mol. The fourth-order valence-corrected chi connectivity index (χ4v) is 2.45. The zero-order chi connectivity index (χ0) is 13.8. The first kappa shape index (κ1) is 12.7. The number of hydrogen-bond acceptors (Lipinski definition) is 7. The SMILES string of the molecule is CCn1nncc1CNc1nnc(-c2ccccn2)s1. The maximum Gasteiger partial charge on any atom is 0.206 e. The van der Waals surface area contributed by atoms with Crippen LogP contribution >= 0.6 is 11.3 Å². The molecule has 7 nitrogen and oxygen atoms in total. The van der Waals surface area contributed by atoms with E-state index in [1.54, 1.807) is 12.4 Å². The van der Waals surface area contributed by atoms with Gasteiger partial charge in [-0.15, -0.1) is 15.3 Å². The van der Waals surface area contributed by atoms with Crippen LogP contribution in [-0.2, 0) is 13.1 Å². The summed E-state index contributed by atoms with van der Waals surface area (Å²) in [4.78, 5) is 4.26. The Morgan fingerprint density at radius 3 is 3.05 bits per heavy atom. The van der Waals surface area contributed by atoms with Crippen molar-refractivity contribution in [2.75, 3.05) is 5.32 Å². The van der Waals surface area contributed by atoms with Gasteiger partial charge in [-0.1, -0.05) is 22.6 Å². The molecule has 102 valence electrons. The molecule has 0 aliphatic heterocycles. The van der Waals surface area contributed by atoms with Crippen LogP contribution in [0.2, 0.25) is 0 Å². The maximum atomic E-state index is 4.26. The highest BCUT2D eigenvalue weighted by Crippen LogP contribution is 2.24. The minimum Gasteiger partial charge on any atom is -0.354 e. The van der Waals surface area contributed by atoms with Crippen LogP contribution in [0.25, 0.3) is 10.7 Å². The summed E-state index contributed by atoms with van der Waals surface area (Å²) in [6, 6.07) is 5.73. The number of rotatable bonds is 5. The first-order valence-corrected chi connectivity index (χ1v) is 7.04. The van der Waals surface area contributed by atoms with E-state index in [0.29, 0.717) is 6.54 Å². The lowest BCUT2D eigenvalue weighted by molar-refractivity contribution is 0.602. The molecule has 0 radical (unpaired) electrons. The zero-order valence-corrected chi connectivity index (χ0v) is 11.7. The number of aromatic nitrogens is 6. The van der Waals surface area contributed by atoms with E-state index in [9.17, 15) is 0 Å². The Labute approximate surface area is 119 Å². The van der Waals surface area contributed by atoms with Gasteiger partial charge >= 0.3 is 0 Å². The maximum absolute atomic E-state index is 4.26. The highest BCUT2D eigenvalue weighted by molar-refractivity contribution is 7.18. The van der Waals surface area contributed by atoms with Crippen molar-refractivity contribution in [3.63, 3.8) is 0 Å². The molecule has 0 bridgehead atoms. The Kier molecular flexibility index (Phi) is 3.64. The summed E-state index contributed by atoms with van der Waals surface area (Å²) in [5.74, 6) is 0. The van der Waals surface area contributed by atoms with E-state index in [-0.39, 0.29) is 0 Å². The minimum absolute atomic E-state index is 0.623. The Hall–Kier alpha value is -2.35. The summed E-state index contributed by atoms with van der Waals surface area (Å²) in [5, 5.41) is 20.9. The summed E-state index contributed by atoms with van der Waals surface area (Å²) in [6.07, 6.45) is 3.49. The average molecular weight is 287 g/mol. The number of anilines is 1. The number of nitrogens with one attached hydrogen (secondary N) is 1. The van der Waals surface area contributed by atoms with Crippen LogP contribution in [0.4, 0.5) is 5.13 Å². The van der Waals surface area contributed by atoms with Gasteiger partial charge in [0.15, 0.2) is 5.01 Å². The molecular weight excluding hydrogens is 274 g/mol. The van der Waals surface area contributed by atoms with E-state index in [4.69, 9.17) is 0 Å². The van der Waals surface area contributed by atoms with Gasteiger partial charge in [0, 0.05) is 12.7 Å². The number of aryl methyl sites for hydroxylation is 1. The summed E-state index contributed by atoms with van der Waals surface area (Å²) in [7, 11) is 0. The van der Waals surface area contributed by atoms with Crippen molar-refractivity contribution in [1.82, 2.24) is 30.2 Å². The highest BCUT2D eigenvalue weighted by Gasteiger charge is 2.08. The van der Waals surface area contributed by atoms with E-state index in [1.807, 2.05) is 29.8 Å². The van der Waals surface area contributed by atoms with E-state index < -0.39 is 0 Å². The van der Waals surface area contributed by atoms with Crippen LogP contribution in [0, 0.1) is 0 Å². The molecule has 3 heterocycles. The van der Waals surface area contributed by atoms with Gasteiger partial charge in [0.25, 0.3) is 0 Å². The van der Waals surface area contributed by atoms with Crippen LogP contribution in [0.1, 0.15) is 12.6 Å². The molecule has 0 atom stereocenters. The van der Waals surface area contributed by atoms with Crippen molar-refractivity contribution in [3.05, 3.63) is 36.3 Å². The second-order valence-electron chi connectivity index (χ2n) is 4.02. The Balaban J connectivity index is 1.69. The lowest BCUT2D eigenvalue weighted by atomic mass is 10.4. The predicted octanol–water partition coefficient (Wildman–Crippen LogP) is 1.82. The molecule has 3 rings (SSSR count). The molecule has 0 spiro atoms. The van der Waals surface area contributed by atoms with Gasteiger partial charge in [-0.3, -0.25) is 4.98 Å². The van der Waals surface area contributed by atoms with Gasteiger partial charge < -0.3 is 5.32 Å². The number of pyridine rings is 1. The molecule has 1 N–H and O–H groups in total. The third kappa shape index (κ3) is 2.64. The topological polar surface area (TPSA) is 81.4 Å². The van der Waals surface area contributed by atoms with Crippen molar-refractivity contribution in [2.24, 2.45) is 0 Å². The largest absolute Gasteiger partial charge is 0.354 e. The van der Waals surface area contributed by atoms with Gasteiger partial charge in [-0.25, -0.2) is 4.68 Å². The van der Waals surface area contributed by atoms with E-state index in [0.717, 1.165) is 28.1 Å². The van der Waals surface area contributed by atoms with Crippen LogP contribution in [0.15, 0.2) is 30.6 Å². The second-order valence-corrected chi connectivity index (χ2v) is 5.00. The van der Waals surface area contributed by atoms with Gasteiger partial charge in [-0.05, 0) is 19.1 Å². The summed E-state index contributed by atoms with van der Waals surface area (Å²) >= 11 is 1.48. The molecule has 0 aromatic carbocycles. The van der Waals surface area contributed by atoms with Gasteiger partial charge in [-0.2, -0.15) is 0 Å². The van der Waals surface area contributed by atoms with Crippen molar-refractivity contribution >= 4 is 16.5 Å². The first-order chi connectivity index (χ1) is 9.86. The third-order valence-corrected chi connectivity index (χ3v) is 3.63. The van der Waals surface area contributed by atoms with Crippen LogP contribution in [0.5, 0.6) is 0 Å². The molecule has 3 aromatic rings. The molecule has 0 saturated heterocycles. The summed E-state index contributed by atoms with van der Waals surface area (Å²) in [5.41, 5.74) is 1.85. The molecule has 0 unspecified atom stereocenters. The van der Waals surface area contributed by atoms with E-state index >= 15 is 0 Å². The normalized spacial score (nSPS) is 10.7. The standard InChI is InChI=1S/C12H13N7S/c1-2-19-9(8-15-18-19)7-14-12-17-16-11(20-12)10-5-3-4-6-13-10/h3-6,8H,2,7H2,1H3,(H,14,17). The number of hydrogen-bond donors (Lipinski definition) is 1. The lowest BCUT2D eigenvalue weighted by Gasteiger charge is -2.03. The van der Waals surface area contributed by atoms with Gasteiger partial charge in [0.05, 0.1) is 18.4 Å². The third-order valence-electron chi connectivity index (χ3n) is 2.73. The smallest absolute Gasteiger partial charge is 0.206 e. The Morgan fingerprint density at radius 1 is 1.30 bits per heavy atom. The average Bonchev–Trinajstić information content (AvgIpc) is 3.15. The highest BCUT2D eigenvalue weighted by atomic mass is 32.1. The Morgan fingerprint density at radius 2 is 2.25 bits per heavy atom. The second kappa shape index (κ2) is 5.74. The number of nitrogens with zero attached hydrogens (tertiary/aromatic N) is 6. The van der Waals surface area contributed by atoms with E-state index in [2.05, 4.69) is 30.8 Å². The molecule has 0 saturated carbocycles. The summed E-state index contributed by atoms with van der Waals surface area (Å²) in [6.45, 7) is 3.45. The molecule has 0 aliphatic rings. The fourth-order valence-electron chi connectivity index (χ4n) is 1.74. The molecular formula is C12H13N7S.